The second kappa shape index (κ2) is 3.69. The molecule has 0 aliphatic carbocycles. The van der Waals surface area contributed by atoms with Gasteiger partial charge in [0.25, 0.3) is 0 Å². The van der Waals surface area contributed by atoms with E-state index in [1.807, 2.05) is 12.1 Å². The summed E-state index contributed by atoms with van der Waals surface area (Å²) in [7, 11) is 1.75. The van der Waals surface area contributed by atoms with Gasteiger partial charge in [-0.05, 0) is 6.07 Å². The Morgan fingerprint density at radius 3 is 2.71 bits per heavy atom. The molecule has 0 radical (unpaired) electrons. The number of hydrogen-bond acceptors (Lipinski definition) is 4. The summed E-state index contributed by atoms with van der Waals surface area (Å²) in [5, 5.41) is 0. The van der Waals surface area contributed by atoms with Crippen molar-refractivity contribution < 1.29 is 9.53 Å². The van der Waals surface area contributed by atoms with Crippen molar-refractivity contribution in [1.82, 2.24) is 9.97 Å². The molecule has 1 amide bonds. The van der Waals surface area contributed by atoms with Gasteiger partial charge in [-0.3, -0.25) is 14.8 Å². The predicted octanol–water partition coefficient (Wildman–Crippen LogP) is 1.38. The summed E-state index contributed by atoms with van der Waals surface area (Å²) >= 11 is 0. The maximum absolute atomic E-state index is 11.7. The molecule has 2 heterocycles. The molecular formula is C12H11N3O2. The van der Waals surface area contributed by atoms with Gasteiger partial charge in [0.15, 0.2) is 0 Å². The van der Waals surface area contributed by atoms with Gasteiger partial charge in [-0.25, -0.2) is 0 Å². The fourth-order valence-electron chi connectivity index (χ4n) is 1.91. The molecular weight excluding hydrogens is 218 g/mol. The standard InChI is InChI=1S/C12H11N3O2/c1-15-10-6-8-9(14-4-3-13-8)7-11(10)17-5-2-12(15)16/h3-4,6-7H,2,5H2,1H3. The summed E-state index contributed by atoms with van der Waals surface area (Å²) in [5.41, 5.74) is 2.28. The van der Waals surface area contributed by atoms with Crippen LogP contribution in [-0.4, -0.2) is 29.5 Å². The fraction of sp³-hybridized carbons (Fsp3) is 0.250. The minimum absolute atomic E-state index is 0.0481. The number of rotatable bonds is 0. The maximum atomic E-state index is 11.7. The molecule has 5 nitrogen and oxygen atoms in total. The zero-order chi connectivity index (χ0) is 11.8. The van der Waals surface area contributed by atoms with Gasteiger partial charge in [0, 0.05) is 25.5 Å². The monoisotopic (exact) mass is 229 g/mol. The van der Waals surface area contributed by atoms with Gasteiger partial charge in [0.2, 0.25) is 5.91 Å². The molecule has 0 saturated heterocycles. The summed E-state index contributed by atoms with van der Waals surface area (Å²) in [5.74, 6) is 0.735. The number of fused-ring (bicyclic) bond motifs is 2. The van der Waals surface area contributed by atoms with Gasteiger partial charge in [0.1, 0.15) is 5.75 Å². The number of aromatic nitrogens is 2. The first-order valence-corrected chi connectivity index (χ1v) is 5.40. The zero-order valence-electron chi connectivity index (χ0n) is 9.38. The largest absolute Gasteiger partial charge is 0.491 e. The van der Waals surface area contributed by atoms with E-state index in [-0.39, 0.29) is 5.91 Å². The van der Waals surface area contributed by atoms with Gasteiger partial charge in [0.05, 0.1) is 29.7 Å². The van der Waals surface area contributed by atoms with Crippen molar-refractivity contribution in [1.29, 1.82) is 0 Å². The smallest absolute Gasteiger partial charge is 0.230 e. The first kappa shape index (κ1) is 10.0. The Kier molecular flexibility index (Phi) is 2.18. The van der Waals surface area contributed by atoms with Crippen LogP contribution in [0.1, 0.15) is 6.42 Å². The van der Waals surface area contributed by atoms with Crippen LogP contribution >= 0.6 is 0 Å². The molecule has 0 spiro atoms. The molecule has 2 aromatic rings. The van der Waals surface area contributed by atoms with Crippen molar-refractivity contribution >= 4 is 22.6 Å². The van der Waals surface area contributed by atoms with Crippen molar-refractivity contribution in [2.24, 2.45) is 0 Å². The number of ether oxygens (including phenoxy) is 1. The molecule has 0 bridgehead atoms. The second-order valence-corrected chi connectivity index (χ2v) is 3.92. The lowest BCUT2D eigenvalue weighted by atomic mass is 10.2. The van der Waals surface area contributed by atoms with Crippen LogP contribution < -0.4 is 9.64 Å². The van der Waals surface area contributed by atoms with Crippen molar-refractivity contribution in [2.45, 2.75) is 6.42 Å². The van der Waals surface area contributed by atoms with Crippen molar-refractivity contribution in [3.63, 3.8) is 0 Å². The lowest BCUT2D eigenvalue weighted by molar-refractivity contribution is -0.118. The Morgan fingerprint density at radius 1 is 1.24 bits per heavy atom. The average molecular weight is 229 g/mol. The van der Waals surface area contributed by atoms with E-state index in [0.29, 0.717) is 18.8 Å². The Bertz CT molecular complexity index is 597. The quantitative estimate of drug-likeness (QED) is 0.684. The third kappa shape index (κ3) is 1.60. The molecule has 0 fully saturated rings. The molecule has 3 rings (SSSR count). The van der Waals surface area contributed by atoms with Crippen LogP contribution in [0.2, 0.25) is 0 Å². The number of carbonyl (C=O) groups excluding carboxylic acids is 1. The van der Waals surface area contributed by atoms with Crippen LogP contribution in [0.3, 0.4) is 0 Å². The van der Waals surface area contributed by atoms with E-state index in [9.17, 15) is 4.79 Å². The van der Waals surface area contributed by atoms with E-state index >= 15 is 0 Å². The predicted molar refractivity (Wildman–Crippen MR) is 63.1 cm³/mol. The van der Waals surface area contributed by atoms with Gasteiger partial charge in [-0.15, -0.1) is 0 Å². The van der Waals surface area contributed by atoms with Crippen LogP contribution in [-0.2, 0) is 4.79 Å². The first-order valence-electron chi connectivity index (χ1n) is 5.40. The SMILES string of the molecule is CN1C(=O)CCOc2cc3nccnc3cc21. The van der Waals surface area contributed by atoms with E-state index < -0.39 is 0 Å². The van der Waals surface area contributed by atoms with Crippen LogP contribution in [0.15, 0.2) is 24.5 Å². The maximum Gasteiger partial charge on any atom is 0.230 e. The van der Waals surface area contributed by atoms with E-state index in [1.54, 1.807) is 24.3 Å². The number of anilines is 1. The highest BCUT2D eigenvalue weighted by Crippen LogP contribution is 2.33. The highest BCUT2D eigenvalue weighted by atomic mass is 16.5. The van der Waals surface area contributed by atoms with E-state index in [1.165, 1.54) is 0 Å². The van der Waals surface area contributed by atoms with Crippen LogP contribution in [0.25, 0.3) is 11.0 Å². The lowest BCUT2D eigenvalue weighted by Gasteiger charge is -2.16. The molecule has 0 N–H and O–H groups in total. The molecule has 86 valence electrons. The molecule has 17 heavy (non-hydrogen) atoms. The minimum Gasteiger partial charge on any atom is -0.491 e. The van der Waals surface area contributed by atoms with Gasteiger partial charge in [-0.2, -0.15) is 0 Å². The van der Waals surface area contributed by atoms with Gasteiger partial charge < -0.3 is 9.64 Å². The topological polar surface area (TPSA) is 55.3 Å². The molecule has 1 aromatic carbocycles. The number of amides is 1. The summed E-state index contributed by atoms with van der Waals surface area (Å²) < 4.78 is 5.57. The molecule has 5 heteroatoms. The van der Waals surface area contributed by atoms with Crippen molar-refractivity contribution in [2.75, 3.05) is 18.6 Å². The second-order valence-electron chi connectivity index (χ2n) is 3.92. The number of benzene rings is 1. The molecule has 1 aliphatic rings. The molecule has 1 aromatic heterocycles. The molecule has 0 saturated carbocycles. The zero-order valence-corrected chi connectivity index (χ0v) is 9.38. The number of hydrogen-bond donors (Lipinski definition) is 0. The lowest BCUT2D eigenvalue weighted by Crippen LogP contribution is -2.25. The van der Waals surface area contributed by atoms with Crippen molar-refractivity contribution in [3.8, 4) is 5.75 Å². The normalized spacial score (nSPS) is 15.4. The number of nitrogens with zero attached hydrogens (tertiary/aromatic N) is 3. The summed E-state index contributed by atoms with van der Waals surface area (Å²) in [6.07, 6.45) is 3.66. The Hall–Kier alpha value is -2.17. The van der Waals surface area contributed by atoms with E-state index in [4.69, 9.17) is 4.74 Å². The van der Waals surface area contributed by atoms with E-state index in [0.717, 1.165) is 16.7 Å². The highest BCUT2D eigenvalue weighted by molar-refractivity contribution is 5.97. The summed E-state index contributed by atoms with van der Waals surface area (Å²) in [4.78, 5) is 21.8. The minimum atomic E-state index is 0.0481. The van der Waals surface area contributed by atoms with Crippen molar-refractivity contribution in [3.05, 3.63) is 24.5 Å². The molecule has 0 atom stereocenters. The highest BCUT2D eigenvalue weighted by Gasteiger charge is 2.20. The average Bonchev–Trinajstić information content (AvgIpc) is 2.48. The third-order valence-corrected chi connectivity index (χ3v) is 2.86. The van der Waals surface area contributed by atoms with Crippen LogP contribution in [0.5, 0.6) is 5.75 Å². The summed E-state index contributed by atoms with van der Waals surface area (Å²) in [6.45, 7) is 0.405. The molecule has 0 unspecified atom stereocenters. The molecule has 1 aliphatic heterocycles. The summed E-state index contributed by atoms with van der Waals surface area (Å²) in [6, 6.07) is 3.66. The van der Waals surface area contributed by atoms with E-state index in [2.05, 4.69) is 9.97 Å². The van der Waals surface area contributed by atoms with Crippen LogP contribution in [0, 0.1) is 0 Å². The third-order valence-electron chi connectivity index (χ3n) is 2.86. The Morgan fingerprint density at radius 2 is 1.94 bits per heavy atom. The first-order chi connectivity index (χ1) is 8.25. The Balaban J connectivity index is 2.24. The Labute approximate surface area is 98.0 Å². The van der Waals surface area contributed by atoms with Crippen LogP contribution in [0.4, 0.5) is 5.69 Å². The van der Waals surface area contributed by atoms with Gasteiger partial charge in [-0.1, -0.05) is 0 Å². The van der Waals surface area contributed by atoms with Gasteiger partial charge >= 0.3 is 0 Å². The number of carbonyl (C=O) groups is 1. The fourth-order valence-corrected chi connectivity index (χ4v) is 1.91.